The van der Waals surface area contributed by atoms with Crippen LogP contribution in [0.25, 0.3) is 0 Å². The summed E-state index contributed by atoms with van der Waals surface area (Å²) < 4.78 is 12.8. The third-order valence-corrected chi connectivity index (χ3v) is 6.46. The molecule has 2 heterocycles. The minimum absolute atomic E-state index is 0.256. The van der Waals surface area contributed by atoms with Gasteiger partial charge < -0.3 is 19.1 Å². The van der Waals surface area contributed by atoms with Gasteiger partial charge in [0.05, 0.1) is 11.2 Å². The average Bonchev–Trinajstić information content (AvgIpc) is 3.35. The van der Waals surface area contributed by atoms with Crippen LogP contribution >= 0.6 is 0 Å². The number of hydrogen-bond acceptors (Lipinski definition) is 4. The van der Waals surface area contributed by atoms with Gasteiger partial charge in [-0.05, 0) is 76.7 Å². The van der Waals surface area contributed by atoms with Crippen LogP contribution in [0.3, 0.4) is 0 Å². The Bertz CT molecular complexity index is 633. The first-order valence-corrected chi connectivity index (χ1v) is 9.70. The molecule has 5 heteroatoms. The fraction of sp³-hybridized carbons (Fsp3) is 0.700. The standard InChI is InChI=1S/C20H31BN2O2/c1-19(2)20(3,4)25-21(24-19)18-14-16(8-9-17(18)15-6-7-15)23-12-10-22(5)11-13-23/h8-9,14-15H,6-7,10-13H2,1-5H3. The van der Waals surface area contributed by atoms with Gasteiger partial charge in [-0.3, -0.25) is 0 Å². The second-order valence-corrected chi connectivity index (χ2v) is 8.97. The van der Waals surface area contributed by atoms with Gasteiger partial charge in [0.2, 0.25) is 0 Å². The van der Waals surface area contributed by atoms with Gasteiger partial charge in [0.15, 0.2) is 0 Å². The van der Waals surface area contributed by atoms with E-state index in [2.05, 4.69) is 62.7 Å². The zero-order valence-corrected chi connectivity index (χ0v) is 16.3. The van der Waals surface area contributed by atoms with Crippen LogP contribution in [0.2, 0.25) is 0 Å². The molecule has 25 heavy (non-hydrogen) atoms. The topological polar surface area (TPSA) is 24.9 Å². The molecule has 0 bridgehead atoms. The summed E-state index contributed by atoms with van der Waals surface area (Å²) >= 11 is 0. The van der Waals surface area contributed by atoms with Gasteiger partial charge in [0.1, 0.15) is 0 Å². The molecule has 0 aromatic heterocycles. The molecular formula is C20H31BN2O2. The Hall–Kier alpha value is -1.04. The summed E-state index contributed by atoms with van der Waals surface area (Å²) in [7, 11) is 1.94. The lowest BCUT2D eigenvalue weighted by atomic mass is 9.74. The number of benzene rings is 1. The molecule has 3 aliphatic rings. The summed E-state index contributed by atoms with van der Waals surface area (Å²) in [6, 6.07) is 6.96. The Kier molecular flexibility index (Phi) is 4.17. The molecule has 0 atom stereocenters. The maximum absolute atomic E-state index is 6.38. The lowest BCUT2D eigenvalue weighted by Crippen LogP contribution is -2.45. The predicted molar refractivity (Wildman–Crippen MR) is 104 cm³/mol. The summed E-state index contributed by atoms with van der Waals surface area (Å²) in [4.78, 5) is 4.88. The van der Waals surface area contributed by atoms with Crippen molar-refractivity contribution in [3.05, 3.63) is 23.8 Å². The number of rotatable bonds is 3. The van der Waals surface area contributed by atoms with Gasteiger partial charge in [-0.2, -0.15) is 0 Å². The molecule has 0 N–H and O–H groups in total. The molecule has 0 unspecified atom stereocenters. The quantitative estimate of drug-likeness (QED) is 0.789. The first-order valence-electron chi connectivity index (χ1n) is 9.70. The van der Waals surface area contributed by atoms with Gasteiger partial charge in [0.25, 0.3) is 0 Å². The first-order chi connectivity index (χ1) is 11.8. The predicted octanol–water partition coefficient (Wildman–Crippen LogP) is 2.62. The van der Waals surface area contributed by atoms with Crippen molar-refractivity contribution < 1.29 is 9.31 Å². The molecule has 0 spiro atoms. The van der Waals surface area contributed by atoms with E-state index in [1.165, 1.54) is 29.6 Å². The highest BCUT2D eigenvalue weighted by atomic mass is 16.7. The Morgan fingerprint density at radius 3 is 2.12 bits per heavy atom. The molecule has 4 nitrogen and oxygen atoms in total. The summed E-state index contributed by atoms with van der Waals surface area (Å²) in [5.74, 6) is 0.690. The van der Waals surface area contributed by atoms with Crippen molar-refractivity contribution >= 4 is 18.3 Å². The zero-order chi connectivity index (χ0) is 17.8. The molecule has 2 saturated heterocycles. The van der Waals surface area contributed by atoms with Crippen LogP contribution in [-0.4, -0.2) is 56.4 Å². The molecule has 1 aromatic rings. The van der Waals surface area contributed by atoms with Crippen LogP contribution in [0, 0.1) is 0 Å². The van der Waals surface area contributed by atoms with Crippen molar-refractivity contribution in [3.63, 3.8) is 0 Å². The van der Waals surface area contributed by atoms with Crippen molar-refractivity contribution in [2.45, 2.75) is 57.7 Å². The fourth-order valence-electron chi connectivity index (χ4n) is 3.76. The highest BCUT2D eigenvalue weighted by Gasteiger charge is 2.52. The largest absolute Gasteiger partial charge is 0.495 e. The summed E-state index contributed by atoms with van der Waals surface area (Å²) in [6.45, 7) is 12.9. The van der Waals surface area contributed by atoms with E-state index in [0.717, 1.165) is 26.2 Å². The lowest BCUT2D eigenvalue weighted by molar-refractivity contribution is 0.00578. The van der Waals surface area contributed by atoms with E-state index in [-0.39, 0.29) is 18.3 Å². The Morgan fingerprint density at radius 1 is 0.960 bits per heavy atom. The van der Waals surface area contributed by atoms with Crippen LogP contribution in [0.4, 0.5) is 5.69 Å². The van der Waals surface area contributed by atoms with E-state index < -0.39 is 0 Å². The maximum atomic E-state index is 6.38. The number of hydrogen-bond donors (Lipinski definition) is 0. The Balaban J connectivity index is 1.65. The van der Waals surface area contributed by atoms with Gasteiger partial charge in [-0.25, -0.2) is 0 Å². The molecule has 0 radical (unpaired) electrons. The number of anilines is 1. The van der Waals surface area contributed by atoms with Crippen LogP contribution in [0.15, 0.2) is 18.2 Å². The summed E-state index contributed by atoms with van der Waals surface area (Å²) in [6.07, 6.45) is 2.58. The highest BCUT2D eigenvalue weighted by Crippen LogP contribution is 2.42. The Morgan fingerprint density at radius 2 is 1.56 bits per heavy atom. The van der Waals surface area contributed by atoms with Gasteiger partial charge in [-0.1, -0.05) is 6.07 Å². The summed E-state index contributed by atoms with van der Waals surface area (Å²) in [5.41, 5.74) is 3.40. The van der Waals surface area contributed by atoms with E-state index in [1.807, 2.05) is 0 Å². The molecule has 4 rings (SSSR count). The van der Waals surface area contributed by atoms with Crippen LogP contribution in [0.5, 0.6) is 0 Å². The van der Waals surface area contributed by atoms with Crippen molar-refractivity contribution in [1.82, 2.24) is 4.90 Å². The average molecular weight is 342 g/mol. The zero-order valence-electron chi connectivity index (χ0n) is 16.3. The molecular weight excluding hydrogens is 311 g/mol. The van der Waals surface area contributed by atoms with E-state index in [1.54, 1.807) is 0 Å². The second-order valence-electron chi connectivity index (χ2n) is 8.97. The van der Waals surface area contributed by atoms with Crippen LogP contribution < -0.4 is 10.4 Å². The summed E-state index contributed by atoms with van der Waals surface area (Å²) in [5, 5.41) is 0. The molecule has 2 aliphatic heterocycles. The normalized spacial score (nSPS) is 26.3. The van der Waals surface area contributed by atoms with E-state index in [9.17, 15) is 0 Å². The third kappa shape index (κ3) is 3.22. The third-order valence-electron chi connectivity index (χ3n) is 6.46. The monoisotopic (exact) mass is 342 g/mol. The molecule has 1 aromatic carbocycles. The number of likely N-dealkylation sites (N-methyl/N-ethyl adjacent to an activating group) is 1. The maximum Gasteiger partial charge on any atom is 0.495 e. The molecule has 1 aliphatic carbocycles. The molecule has 3 fully saturated rings. The van der Waals surface area contributed by atoms with Gasteiger partial charge in [0, 0.05) is 31.9 Å². The van der Waals surface area contributed by atoms with Crippen LogP contribution in [0.1, 0.15) is 52.0 Å². The lowest BCUT2D eigenvalue weighted by Gasteiger charge is -2.34. The second kappa shape index (κ2) is 6.00. The SMILES string of the molecule is CN1CCN(c2ccc(C3CC3)c(B3OC(C)(C)C(C)(C)O3)c2)CC1. The van der Waals surface area contributed by atoms with Gasteiger partial charge >= 0.3 is 7.12 Å². The number of nitrogens with zero attached hydrogens (tertiary/aromatic N) is 2. The molecule has 136 valence electrons. The highest BCUT2D eigenvalue weighted by molar-refractivity contribution is 6.62. The Labute approximate surface area is 152 Å². The van der Waals surface area contributed by atoms with Crippen molar-refractivity contribution in [2.24, 2.45) is 0 Å². The van der Waals surface area contributed by atoms with E-state index in [4.69, 9.17) is 9.31 Å². The molecule has 0 amide bonds. The van der Waals surface area contributed by atoms with Crippen molar-refractivity contribution in [3.8, 4) is 0 Å². The van der Waals surface area contributed by atoms with Crippen molar-refractivity contribution in [2.75, 3.05) is 38.1 Å². The smallest absolute Gasteiger partial charge is 0.399 e. The first kappa shape index (κ1) is 17.4. The van der Waals surface area contributed by atoms with Crippen LogP contribution in [-0.2, 0) is 9.31 Å². The van der Waals surface area contributed by atoms with E-state index >= 15 is 0 Å². The molecule has 1 saturated carbocycles. The fourth-order valence-corrected chi connectivity index (χ4v) is 3.76. The minimum atomic E-state index is -0.289. The van der Waals surface area contributed by atoms with Crippen molar-refractivity contribution in [1.29, 1.82) is 0 Å². The van der Waals surface area contributed by atoms with Gasteiger partial charge in [-0.15, -0.1) is 0 Å². The minimum Gasteiger partial charge on any atom is -0.399 e. The van der Waals surface area contributed by atoms with E-state index in [0.29, 0.717) is 5.92 Å². The number of piperazine rings is 1.